The van der Waals surface area contributed by atoms with Gasteiger partial charge in [0.15, 0.2) is 5.76 Å². The third kappa shape index (κ3) is 5.32. The zero-order valence-electron chi connectivity index (χ0n) is 17.0. The lowest BCUT2D eigenvalue weighted by Gasteiger charge is -2.29. The van der Waals surface area contributed by atoms with Gasteiger partial charge in [-0.15, -0.1) is 10.2 Å². The van der Waals surface area contributed by atoms with Crippen LogP contribution in [-0.2, 0) is 11.3 Å². The number of hydrogen-bond donors (Lipinski definition) is 2. The number of rotatable bonds is 9. The van der Waals surface area contributed by atoms with Gasteiger partial charge in [0.1, 0.15) is 6.04 Å². The topological polar surface area (TPSA) is 114 Å². The number of aromatic nitrogens is 2. The number of urea groups is 1. The first kappa shape index (κ1) is 21.3. The molecule has 3 rings (SSSR count). The van der Waals surface area contributed by atoms with Crippen LogP contribution in [0.15, 0.2) is 57.6 Å². The fourth-order valence-electron chi connectivity index (χ4n) is 3.13. The highest BCUT2D eigenvalue weighted by atomic mass is 16.4. The molecule has 0 bridgehead atoms. The van der Waals surface area contributed by atoms with Crippen LogP contribution in [0.5, 0.6) is 0 Å². The van der Waals surface area contributed by atoms with Gasteiger partial charge in [-0.25, -0.2) is 4.79 Å². The van der Waals surface area contributed by atoms with Crippen molar-refractivity contribution in [3.05, 3.63) is 60.2 Å². The fraction of sp³-hybridized carbons (Fsp3) is 0.333. The molecule has 0 spiro atoms. The van der Waals surface area contributed by atoms with Gasteiger partial charge in [0.05, 0.1) is 12.8 Å². The number of amides is 3. The predicted molar refractivity (Wildman–Crippen MR) is 109 cm³/mol. The van der Waals surface area contributed by atoms with Crippen LogP contribution in [0.1, 0.15) is 37.8 Å². The highest BCUT2D eigenvalue weighted by Gasteiger charge is 2.30. The van der Waals surface area contributed by atoms with E-state index in [1.807, 2.05) is 42.2 Å². The first-order chi connectivity index (χ1) is 14.6. The van der Waals surface area contributed by atoms with Crippen LogP contribution >= 0.6 is 0 Å². The molecular weight excluding hydrogens is 386 g/mol. The van der Waals surface area contributed by atoms with Crippen molar-refractivity contribution in [2.24, 2.45) is 0 Å². The molecule has 0 saturated heterocycles. The Hall–Kier alpha value is -3.46. The standard InChI is InChI=1S/C21H25N5O4/c1-3-12-26(14-17-24-25-20(30-17)16-11-8-13-29-16)18(15-9-6-5-7-10-15)19(27)23-21(28)22-4-2/h5-11,13,18H,3-4,12,14H2,1-2H3,(H2,22,23,27,28)/t18-/m0/s1. The Morgan fingerprint density at radius 3 is 2.57 bits per heavy atom. The van der Waals surface area contributed by atoms with Crippen LogP contribution < -0.4 is 10.6 Å². The lowest BCUT2D eigenvalue weighted by Crippen LogP contribution is -2.46. The van der Waals surface area contributed by atoms with E-state index in [1.165, 1.54) is 6.26 Å². The molecule has 30 heavy (non-hydrogen) atoms. The summed E-state index contributed by atoms with van der Waals surface area (Å²) in [6.45, 7) is 5.04. The quantitative estimate of drug-likeness (QED) is 0.556. The van der Waals surface area contributed by atoms with E-state index in [0.29, 0.717) is 24.7 Å². The summed E-state index contributed by atoms with van der Waals surface area (Å²) in [7, 11) is 0. The highest BCUT2D eigenvalue weighted by molar-refractivity contribution is 5.97. The number of nitrogens with one attached hydrogen (secondary N) is 2. The van der Waals surface area contributed by atoms with Crippen LogP contribution in [0.2, 0.25) is 0 Å². The molecule has 2 aromatic heterocycles. The molecule has 0 fully saturated rings. The van der Waals surface area contributed by atoms with Crippen LogP contribution in [0.4, 0.5) is 4.79 Å². The molecule has 0 saturated carbocycles. The normalized spacial score (nSPS) is 12.0. The Kier molecular flexibility index (Phi) is 7.34. The van der Waals surface area contributed by atoms with E-state index in [2.05, 4.69) is 20.8 Å². The SMILES string of the molecule is CCCN(Cc1nnc(-c2ccco2)o1)[C@H](C(=O)NC(=O)NCC)c1ccccc1. The smallest absolute Gasteiger partial charge is 0.321 e. The minimum Gasteiger partial charge on any atom is -0.459 e. The van der Waals surface area contributed by atoms with Gasteiger partial charge >= 0.3 is 6.03 Å². The number of hydrogen-bond acceptors (Lipinski definition) is 7. The van der Waals surface area contributed by atoms with Crippen LogP contribution in [-0.4, -0.2) is 40.1 Å². The Labute approximate surface area is 174 Å². The van der Waals surface area contributed by atoms with Gasteiger partial charge in [0.25, 0.3) is 5.89 Å². The molecule has 1 aromatic carbocycles. The van der Waals surface area contributed by atoms with E-state index < -0.39 is 18.0 Å². The number of benzene rings is 1. The first-order valence-corrected chi connectivity index (χ1v) is 9.86. The lowest BCUT2D eigenvalue weighted by atomic mass is 10.0. The van der Waals surface area contributed by atoms with E-state index in [0.717, 1.165) is 12.0 Å². The second kappa shape index (κ2) is 10.4. The van der Waals surface area contributed by atoms with Gasteiger partial charge in [-0.3, -0.25) is 15.0 Å². The molecule has 9 heteroatoms. The summed E-state index contributed by atoms with van der Waals surface area (Å²) in [4.78, 5) is 26.9. The van der Waals surface area contributed by atoms with Crippen molar-refractivity contribution < 1.29 is 18.4 Å². The molecule has 0 radical (unpaired) electrons. The fourth-order valence-corrected chi connectivity index (χ4v) is 3.13. The minimum atomic E-state index is -0.701. The number of nitrogens with zero attached hydrogens (tertiary/aromatic N) is 3. The van der Waals surface area contributed by atoms with Crippen molar-refractivity contribution in [1.29, 1.82) is 0 Å². The van der Waals surface area contributed by atoms with Crippen LogP contribution in [0.25, 0.3) is 11.7 Å². The van der Waals surface area contributed by atoms with E-state index >= 15 is 0 Å². The molecule has 3 aromatic rings. The molecule has 2 heterocycles. The predicted octanol–water partition coefficient (Wildman–Crippen LogP) is 3.13. The summed E-state index contributed by atoms with van der Waals surface area (Å²) in [5.41, 5.74) is 0.763. The van der Waals surface area contributed by atoms with E-state index in [-0.39, 0.29) is 12.4 Å². The summed E-state index contributed by atoms with van der Waals surface area (Å²) in [5, 5.41) is 13.1. The van der Waals surface area contributed by atoms with Gasteiger partial charge < -0.3 is 14.2 Å². The monoisotopic (exact) mass is 411 g/mol. The number of imide groups is 1. The number of furan rings is 1. The summed E-state index contributed by atoms with van der Waals surface area (Å²) in [6.07, 6.45) is 2.32. The average Bonchev–Trinajstić information content (AvgIpc) is 3.41. The Bertz CT molecular complexity index is 939. The minimum absolute atomic E-state index is 0.240. The third-order valence-corrected chi connectivity index (χ3v) is 4.35. The summed E-state index contributed by atoms with van der Waals surface area (Å²) >= 11 is 0. The second-order valence-corrected chi connectivity index (χ2v) is 6.61. The van der Waals surface area contributed by atoms with Crippen LogP contribution in [0, 0.1) is 0 Å². The molecule has 3 amide bonds. The van der Waals surface area contributed by atoms with Gasteiger partial charge in [0, 0.05) is 6.54 Å². The molecule has 9 nitrogen and oxygen atoms in total. The highest BCUT2D eigenvalue weighted by Crippen LogP contribution is 2.25. The van der Waals surface area contributed by atoms with Crippen molar-refractivity contribution in [2.75, 3.05) is 13.1 Å². The van der Waals surface area contributed by atoms with Gasteiger partial charge in [-0.2, -0.15) is 0 Å². The Morgan fingerprint density at radius 2 is 1.90 bits per heavy atom. The largest absolute Gasteiger partial charge is 0.459 e. The average molecular weight is 411 g/mol. The van der Waals surface area contributed by atoms with Crippen molar-refractivity contribution in [2.45, 2.75) is 32.9 Å². The zero-order chi connectivity index (χ0) is 21.3. The Balaban J connectivity index is 1.85. The second-order valence-electron chi connectivity index (χ2n) is 6.61. The number of carbonyl (C=O) groups is 2. The number of carbonyl (C=O) groups excluding carboxylic acids is 2. The van der Waals surface area contributed by atoms with Crippen LogP contribution in [0.3, 0.4) is 0 Å². The van der Waals surface area contributed by atoms with E-state index in [1.54, 1.807) is 19.1 Å². The summed E-state index contributed by atoms with van der Waals surface area (Å²) in [6, 6.07) is 11.5. The first-order valence-electron chi connectivity index (χ1n) is 9.86. The third-order valence-electron chi connectivity index (χ3n) is 4.35. The van der Waals surface area contributed by atoms with E-state index in [4.69, 9.17) is 8.83 Å². The maximum Gasteiger partial charge on any atom is 0.321 e. The van der Waals surface area contributed by atoms with Crippen molar-refractivity contribution >= 4 is 11.9 Å². The van der Waals surface area contributed by atoms with Crippen molar-refractivity contribution in [3.8, 4) is 11.7 Å². The van der Waals surface area contributed by atoms with Crippen molar-refractivity contribution in [1.82, 2.24) is 25.7 Å². The molecule has 0 aliphatic carbocycles. The maximum atomic E-state index is 13.0. The molecule has 0 aliphatic rings. The van der Waals surface area contributed by atoms with Gasteiger partial charge in [-0.05, 0) is 37.6 Å². The summed E-state index contributed by atoms with van der Waals surface area (Å²) in [5.74, 6) is 0.673. The molecule has 2 N–H and O–H groups in total. The molecule has 1 atom stereocenters. The van der Waals surface area contributed by atoms with Crippen molar-refractivity contribution in [3.63, 3.8) is 0 Å². The Morgan fingerprint density at radius 1 is 1.10 bits per heavy atom. The van der Waals surface area contributed by atoms with Gasteiger partial charge in [-0.1, -0.05) is 37.3 Å². The summed E-state index contributed by atoms with van der Waals surface area (Å²) < 4.78 is 11.0. The molecule has 0 aliphatic heterocycles. The van der Waals surface area contributed by atoms with Gasteiger partial charge in [0.2, 0.25) is 11.8 Å². The molecule has 158 valence electrons. The maximum absolute atomic E-state index is 13.0. The lowest BCUT2D eigenvalue weighted by molar-refractivity contribution is -0.126. The molecular formula is C21H25N5O4. The van der Waals surface area contributed by atoms with E-state index in [9.17, 15) is 9.59 Å². The zero-order valence-corrected chi connectivity index (χ0v) is 17.0. The molecule has 0 unspecified atom stereocenters.